The Bertz CT molecular complexity index is 1350. The molecule has 15 heteroatoms. The molecule has 0 aliphatic heterocycles. The van der Waals surface area contributed by atoms with Crippen LogP contribution in [0.3, 0.4) is 0 Å². The Kier molecular flexibility index (Phi) is 11.5. The summed E-state index contributed by atoms with van der Waals surface area (Å²) >= 11 is 36.1. The molecular formula is C26H18Cl6O9. The van der Waals surface area contributed by atoms with Crippen LogP contribution in [0, 0.1) is 0 Å². The first-order valence-electron chi connectivity index (χ1n) is 11.2. The Morgan fingerprint density at radius 1 is 0.610 bits per heavy atom. The molecule has 0 amide bonds. The van der Waals surface area contributed by atoms with Crippen molar-refractivity contribution in [2.24, 2.45) is 0 Å². The second kappa shape index (κ2) is 14.4. The van der Waals surface area contributed by atoms with E-state index in [4.69, 9.17) is 93.3 Å². The number of phenols is 1. The van der Waals surface area contributed by atoms with Crippen molar-refractivity contribution in [2.75, 3.05) is 27.4 Å². The molecule has 218 valence electrons. The van der Waals surface area contributed by atoms with E-state index in [9.17, 15) is 19.5 Å². The summed E-state index contributed by atoms with van der Waals surface area (Å²) < 4.78 is 26.0. The summed E-state index contributed by atoms with van der Waals surface area (Å²) in [5.41, 5.74) is -0.187. The van der Waals surface area contributed by atoms with Gasteiger partial charge in [0.2, 0.25) is 0 Å². The zero-order chi connectivity index (χ0) is 30.4. The predicted octanol–water partition coefficient (Wildman–Crippen LogP) is 7.57. The van der Waals surface area contributed by atoms with Gasteiger partial charge in [0.05, 0.1) is 61.0 Å². The van der Waals surface area contributed by atoms with Crippen LogP contribution in [0.2, 0.25) is 30.1 Å². The number of esters is 3. The molecule has 0 atom stereocenters. The molecule has 0 unspecified atom stereocenters. The first-order valence-corrected chi connectivity index (χ1v) is 13.4. The van der Waals surface area contributed by atoms with Crippen LogP contribution in [0.4, 0.5) is 0 Å². The molecule has 0 radical (unpaired) electrons. The average molecular weight is 687 g/mol. The minimum atomic E-state index is -1.32. The number of hydrogen-bond donors (Lipinski definition) is 1. The van der Waals surface area contributed by atoms with Crippen molar-refractivity contribution in [2.45, 2.75) is 6.10 Å². The van der Waals surface area contributed by atoms with Crippen molar-refractivity contribution in [3.63, 3.8) is 0 Å². The topological polar surface area (TPSA) is 118 Å². The predicted molar refractivity (Wildman–Crippen MR) is 154 cm³/mol. The summed E-state index contributed by atoms with van der Waals surface area (Å²) in [6.07, 6.45) is -1.32. The molecule has 0 heterocycles. The van der Waals surface area contributed by atoms with Gasteiger partial charge in [-0.15, -0.1) is 0 Å². The molecule has 0 aromatic heterocycles. The Morgan fingerprint density at radius 2 is 0.927 bits per heavy atom. The normalized spacial score (nSPS) is 10.8. The lowest BCUT2D eigenvalue weighted by molar-refractivity contribution is -0.0253. The summed E-state index contributed by atoms with van der Waals surface area (Å²) in [4.78, 5) is 38.2. The third kappa shape index (κ3) is 8.16. The number of carbonyl (C=O) groups excluding carboxylic acids is 3. The molecule has 41 heavy (non-hydrogen) atoms. The van der Waals surface area contributed by atoms with Gasteiger partial charge in [-0.2, -0.15) is 0 Å². The van der Waals surface area contributed by atoms with E-state index in [1.54, 1.807) is 0 Å². The summed E-state index contributed by atoms with van der Waals surface area (Å²) in [6.45, 7) is -1.13. The number of carbonyl (C=O) groups is 3. The quantitative estimate of drug-likeness (QED) is 0.170. The minimum Gasteiger partial charge on any atom is -0.505 e. The molecule has 0 bridgehead atoms. The smallest absolute Gasteiger partial charge is 0.338 e. The Labute approximate surface area is 263 Å². The van der Waals surface area contributed by atoms with Crippen molar-refractivity contribution in [1.29, 1.82) is 0 Å². The molecule has 3 rings (SSSR count). The zero-order valence-corrected chi connectivity index (χ0v) is 25.5. The van der Waals surface area contributed by atoms with Crippen molar-refractivity contribution < 1.29 is 43.2 Å². The fourth-order valence-electron chi connectivity index (χ4n) is 3.27. The van der Waals surface area contributed by atoms with E-state index in [0.717, 1.165) is 12.1 Å². The molecule has 3 aromatic rings. The van der Waals surface area contributed by atoms with Crippen molar-refractivity contribution in [1.82, 2.24) is 0 Å². The lowest BCUT2D eigenvalue weighted by Crippen LogP contribution is -2.31. The highest BCUT2D eigenvalue weighted by molar-refractivity contribution is 6.39. The second-order valence-corrected chi connectivity index (χ2v) is 10.4. The second-order valence-electron chi connectivity index (χ2n) is 7.96. The monoisotopic (exact) mass is 684 g/mol. The molecule has 0 spiro atoms. The van der Waals surface area contributed by atoms with E-state index in [0.29, 0.717) is 0 Å². The molecule has 3 aromatic carbocycles. The van der Waals surface area contributed by atoms with Crippen LogP contribution >= 0.6 is 69.6 Å². The molecule has 0 saturated carbocycles. The summed E-state index contributed by atoms with van der Waals surface area (Å²) in [6, 6.07) is 7.31. The largest absolute Gasteiger partial charge is 0.505 e. The van der Waals surface area contributed by atoms with Crippen molar-refractivity contribution >= 4 is 87.5 Å². The molecule has 0 fully saturated rings. The zero-order valence-electron chi connectivity index (χ0n) is 20.9. The number of rotatable bonds is 10. The van der Waals surface area contributed by atoms with Crippen LogP contribution in [0.5, 0.6) is 17.2 Å². The van der Waals surface area contributed by atoms with Gasteiger partial charge in [-0.1, -0.05) is 69.6 Å². The number of phenolic OH excluding ortho intramolecular Hbond substituents is 1. The van der Waals surface area contributed by atoms with E-state index in [2.05, 4.69) is 0 Å². The van der Waals surface area contributed by atoms with Crippen LogP contribution in [-0.2, 0) is 14.2 Å². The lowest BCUT2D eigenvalue weighted by atomic mass is 10.2. The van der Waals surface area contributed by atoms with E-state index in [1.807, 2.05) is 0 Å². The summed E-state index contributed by atoms with van der Waals surface area (Å²) in [5.74, 6) is -2.85. The number of aromatic hydroxyl groups is 1. The van der Waals surface area contributed by atoms with Crippen molar-refractivity contribution in [3.05, 3.63) is 83.2 Å². The number of benzene rings is 3. The molecule has 9 nitrogen and oxygen atoms in total. The van der Waals surface area contributed by atoms with Gasteiger partial charge in [-0.25, -0.2) is 14.4 Å². The highest BCUT2D eigenvalue weighted by Gasteiger charge is 2.24. The fraction of sp³-hybridized carbons (Fsp3) is 0.192. The van der Waals surface area contributed by atoms with E-state index >= 15 is 0 Å². The van der Waals surface area contributed by atoms with Crippen molar-refractivity contribution in [3.8, 4) is 17.2 Å². The van der Waals surface area contributed by atoms with Gasteiger partial charge in [0.15, 0.2) is 23.4 Å². The van der Waals surface area contributed by atoms with Crippen LogP contribution in [0.1, 0.15) is 31.1 Å². The molecule has 0 aliphatic carbocycles. The number of hydrogen-bond acceptors (Lipinski definition) is 9. The number of ether oxygens (including phenoxy) is 5. The third-order valence-corrected chi connectivity index (χ3v) is 6.90. The van der Waals surface area contributed by atoms with Gasteiger partial charge in [0.1, 0.15) is 13.2 Å². The highest BCUT2D eigenvalue weighted by Crippen LogP contribution is 2.36. The van der Waals surface area contributed by atoms with Crippen LogP contribution < -0.4 is 9.47 Å². The highest BCUT2D eigenvalue weighted by atomic mass is 35.5. The van der Waals surface area contributed by atoms with E-state index < -0.39 is 43.0 Å². The van der Waals surface area contributed by atoms with Gasteiger partial charge in [0, 0.05) is 0 Å². The molecule has 0 aliphatic rings. The van der Waals surface area contributed by atoms with E-state index in [1.165, 1.54) is 38.5 Å². The molecule has 0 saturated heterocycles. The summed E-state index contributed by atoms with van der Waals surface area (Å²) in [7, 11) is 2.71. The first kappa shape index (κ1) is 32.7. The van der Waals surface area contributed by atoms with Gasteiger partial charge in [-0.3, -0.25) is 0 Å². The fourth-order valence-corrected chi connectivity index (χ4v) is 5.04. The van der Waals surface area contributed by atoms with Crippen LogP contribution in [0.25, 0.3) is 0 Å². The van der Waals surface area contributed by atoms with Gasteiger partial charge in [-0.05, 0) is 36.4 Å². The SMILES string of the molecule is COc1c(Cl)cc(C(=O)OCC(COC(=O)c2cc(Cl)c(OC)c(Cl)c2)OC(=O)c2cc(Cl)c(O)c(Cl)c2)cc1Cl. The maximum absolute atomic E-state index is 12.8. The Hall–Kier alpha value is -2.79. The molecule has 1 N–H and O–H groups in total. The number of halogens is 6. The van der Waals surface area contributed by atoms with E-state index in [-0.39, 0.29) is 58.3 Å². The van der Waals surface area contributed by atoms with Gasteiger partial charge < -0.3 is 28.8 Å². The van der Waals surface area contributed by atoms with Gasteiger partial charge >= 0.3 is 17.9 Å². The standard InChI is InChI=1S/C26H18Cl6O9/c1-37-22-17(29)5-11(6-18(22)30)24(34)39-9-14(41-26(36)13-3-15(27)21(33)16(28)4-13)10-40-25(35)12-7-19(31)23(38-2)20(32)8-12/h3-8,14,33H,9-10H2,1-2H3. The summed E-state index contributed by atoms with van der Waals surface area (Å²) in [5, 5.41) is 9.57. The van der Waals surface area contributed by atoms with Crippen LogP contribution in [-0.4, -0.2) is 56.6 Å². The number of methoxy groups -OCH3 is 2. The van der Waals surface area contributed by atoms with Crippen LogP contribution in [0.15, 0.2) is 36.4 Å². The maximum Gasteiger partial charge on any atom is 0.338 e. The van der Waals surface area contributed by atoms with Gasteiger partial charge in [0.25, 0.3) is 0 Å². The molecular weight excluding hydrogens is 669 g/mol. The third-order valence-electron chi connectivity index (χ3n) is 5.20. The minimum absolute atomic E-state index is 0.0255. The lowest BCUT2D eigenvalue weighted by Gasteiger charge is -2.19. The average Bonchev–Trinajstić information content (AvgIpc) is 2.91. The Morgan fingerprint density at radius 3 is 1.27 bits per heavy atom. The first-order chi connectivity index (χ1) is 19.4. The maximum atomic E-state index is 12.8. The Balaban J connectivity index is 1.79.